The number of benzene rings is 2. The predicted molar refractivity (Wildman–Crippen MR) is 104 cm³/mol. The van der Waals surface area contributed by atoms with Gasteiger partial charge in [0.15, 0.2) is 5.78 Å². The summed E-state index contributed by atoms with van der Waals surface area (Å²) in [5.74, 6) is 0.0116. The number of halogens is 1. The Kier molecular flexibility index (Phi) is 5.91. The van der Waals surface area contributed by atoms with Crippen molar-refractivity contribution in [3.05, 3.63) is 64.7 Å². The van der Waals surface area contributed by atoms with Gasteiger partial charge in [0.1, 0.15) is 0 Å². The molecule has 1 saturated heterocycles. The number of rotatable bonds is 4. The molecule has 6 heteroatoms. The molecule has 136 valence electrons. The number of hydrogen-bond acceptors (Lipinski definition) is 3. The fourth-order valence-electron chi connectivity index (χ4n) is 2.97. The molecule has 5 nitrogen and oxygen atoms in total. The number of nitrogens with one attached hydrogen (secondary N) is 1. The molecule has 0 saturated carbocycles. The standard InChI is InChI=1S/C20H22ClN3O2/c1-15(25)16-6-8-18(9-7-16)22-20(26)24-12-10-23(11-13-24)14-17-4-2-3-5-19(17)21/h2-9H,10-14H2,1H3,(H,22,26). The van der Waals surface area contributed by atoms with Crippen LogP contribution >= 0.6 is 11.6 Å². The van der Waals surface area contributed by atoms with Crippen LogP contribution in [0, 0.1) is 0 Å². The van der Waals surface area contributed by atoms with Gasteiger partial charge in [0.05, 0.1) is 0 Å². The van der Waals surface area contributed by atoms with Crippen molar-refractivity contribution in [1.82, 2.24) is 9.80 Å². The average Bonchev–Trinajstić information content (AvgIpc) is 2.64. The molecular formula is C20H22ClN3O2. The lowest BCUT2D eigenvalue weighted by atomic mass is 10.1. The van der Waals surface area contributed by atoms with Crippen molar-refractivity contribution >= 4 is 29.1 Å². The van der Waals surface area contributed by atoms with Gasteiger partial charge < -0.3 is 10.2 Å². The molecule has 0 spiro atoms. The molecule has 2 aromatic rings. The largest absolute Gasteiger partial charge is 0.322 e. The van der Waals surface area contributed by atoms with E-state index in [1.54, 1.807) is 24.3 Å². The van der Waals surface area contributed by atoms with E-state index in [-0.39, 0.29) is 11.8 Å². The second kappa shape index (κ2) is 8.34. The van der Waals surface area contributed by atoms with Gasteiger partial charge in [0, 0.05) is 49.0 Å². The lowest BCUT2D eigenvalue weighted by Crippen LogP contribution is -2.49. The fourth-order valence-corrected chi connectivity index (χ4v) is 3.16. The number of carbonyl (C=O) groups is 2. The van der Waals surface area contributed by atoms with Crippen LogP contribution in [0.4, 0.5) is 10.5 Å². The second-order valence-electron chi connectivity index (χ2n) is 6.42. The van der Waals surface area contributed by atoms with Crippen molar-refractivity contribution in [3.8, 4) is 0 Å². The molecule has 26 heavy (non-hydrogen) atoms. The Morgan fingerprint density at radius 1 is 1.00 bits per heavy atom. The summed E-state index contributed by atoms with van der Waals surface area (Å²) in [7, 11) is 0. The fraction of sp³-hybridized carbons (Fsp3) is 0.300. The Morgan fingerprint density at radius 3 is 2.27 bits per heavy atom. The number of Topliss-reactive ketones (excluding diaryl/α,β-unsaturated/α-hetero) is 1. The SMILES string of the molecule is CC(=O)c1ccc(NC(=O)N2CCN(Cc3ccccc3Cl)CC2)cc1. The lowest BCUT2D eigenvalue weighted by molar-refractivity contribution is 0.101. The summed E-state index contributed by atoms with van der Waals surface area (Å²) in [5, 5.41) is 3.67. The van der Waals surface area contributed by atoms with E-state index >= 15 is 0 Å². The van der Waals surface area contributed by atoms with E-state index in [9.17, 15) is 9.59 Å². The van der Waals surface area contributed by atoms with E-state index in [2.05, 4.69) is 10.2 Å². The number of nitrogens with zero attached hydrogens (tertiary/aromatic N) is 2. The third-order valence-electron chi connectivity index (χ3n) is 4.55. The Hall–Kier alpha value is -2.37. The van der Waals surface area contributed by atoms with Gasteiger partial charge in [-0.05, 0) is 42.8 Å². The predicted octanol–water partition coefficient (Wildman–Crippen LogP) is 3.89. The highest BCUT2D eigenvalue weighted by atomic mass is 35.5. The summed E-state index contributed by atoms with van der Waals surface area (Å²) in [6.07, 6.45) is 0. The third kappa shape index (κ3) is 4.62. The summed E-state index contributed by atoms with van der Waals surface area (Å²) in [4.78, 5) is 27.8. The summed E-state index contributed by atoms with van der Waals surface area (Å²) in [6, 6.07) is 14.7. The highest BCUT2D eigenvalue weighted by Gasteiger charge is 2.21. The summed E-state index contributed by atoms with van der Waals surface area (Å²) >= 11 is 6.22. The van der Waals surface area contributed by atoms with Crippen LogP contribution in [0.5, 0.6) is 0 Å². The minimum atomic E-state index is -0.113. The molecule has 0 atom stereocenters. The van der Waals surface area contributed by atoms with E-state index < -0.39 is 0 Å². The van der Waals surface area contributed by atoms with Crippen LogP contribution in [-0.2, 0) is 6.54 Å². The van der Waals surface area contributed by atoms with Gasteiger partial charge in [-0.25, -0.2) is 4.79 Å². The molecule has 1 N–H and O–H groups in total. The zero-order valence-corrected chi connectivity index (χ0v) is 15.5. The second-order valence-corrected chi connectivity index (χ2v) is 6.83. The molecule has 1 aliphatic rings. The number of carbonyl (C=O) groups excluding carboxylic acids is 2. The molecule has 1 fully saturated rings. The molecule has 3 rings (SSSR count). The minimum absolute atomic E-state index is 0.0116. The molecule has 2 amide bonds. The van der Waals surface area contributed by atoms with Crippen LogP contribution in [0.1, 0.15) is 22.8 Å². The van der Waals surface area contributed by atoms with Gasteiger partial charge in [-0.1, -0.05) is 29.8 Å². The maximum Gasteiger partial charge on any atom is 0.321 e. The Bertz CT molecular complexity index is 784. The highest BCUT2D eigenvalue weighted by molar-refractivity contribution is 6.31. The van der Waals surface area contributed by atoms with Crippen LogP contribution in [0.15, 0.2) is 48.5 Å². The zero-order valence-electron chi connectivity index (χ0n) is 14.7. The van der Waals surface area contributed by atoms with Crippen LogP contribution in [0.25, 0.3) is 0 Å². The van der Waals surface area contributed by atoms with Crippen molar-refractivity contribution in [2.24, 2.45) is 0 Å². The molecule has 0 bridgehead atoms. The molecule has 2 aromatic carbocycles. The molecular weight excluding hydrogens is 350 g/mol. The molecule has 0 unspecified atom stereocenters. The van der Waals surface area contributed by atoms with Crippen molar-refractivity contribution in [3.63, 3.8) is 0 Å². The number of urea groups is 1. The maximum atomic E-state index is 12.4. The van der Waals surface area contributed by atoms with Crippen molar-refractivity contribution < 1.29 is 9.59 Å². The molecule has 0 aliphatic carbocycles. The smallest absolute Gasteiger partial charge is 0.321 e. The maximum absolute atomic E-state index is 12.4. The molecule has 1 aliphatic heterocycles. The van der Waals surface area contributed by atoms with Gasteiger partial charge in [0.2, 0.25) is 0 Å². The third-order valence-corrected chi connectivity index (χ3v) is 4.92. The first kappa shape index (κ1) is 18.4. The van der Waals surface area contributed by atoms with Gasteiger partial charge >= 0.3 is 6.03 Å². The van der Waals surface area contributed by atoms with E-state index in [4.69, 9.17) is 11.6 Å². The van der Waals surface area contributed by atoms with Crippen molar-refractivity contribution in [2.45, 2.75) is 13.5 Å². The van der Waals surface area contributed by atoms with Gasteiger partial charge in [-0.3, -0.25) is 9.69 Å². The average molecular weight is 372 g/mol. The Morgan fingerprint density at radius 2 is 1.65 bits per heavy atom. The van der Waals surface area contributed by atoms with Gasteiger partial charge in [-0.15, -0.1) is 0 Å². The first-order valence-corrected chi connectivity index (χ1v) is 9.03. The summed E-state index contributed by atoms with van der Waals surface area (Å²) in [5.41, 5.74) is 2.44. The first-order chi connectivity index (χ1) is 12.5. The molecule has 0 aromatic heterocycles. The first-order valence-electron chi connectivity index (χ1n) is 8.65. The minimum Gasteiger partial charge on any atom is -0.322 e. The number of anilines is 1. The van der Waals surface area contributed by atoms with Crippen LogP contribution in [-0.4, -0.2) is 47.8 Å². The lowest BCUT2D eigenvalue weighted by Gasteiger charge is -2.34. The summed E-state index contributed by atoms with van der Waals surface area (Å²) in [6.45, 7) is 5.27. The van der Waals surface area contributed by atoms with Crippen molar-refractivity contribution in [2.75, 3.05) is 31.5 Å². The van der Waals surface area contributed by atoms with Gasteiger partial charge in [0.25, 0.3) is 0 Å². The number of hydrogen-bond donors (Lipinski definition) is 1. The van der Waals surface area contributed by atoms with Crippen LogP contribution in [0.3, 0.4) is 0 Å². The van der Waals surface area contributed by atoms with Crippen LogP contribution in [0.2, 0.25) is 5.02 Å². The van der Waals surface area contributed by atoms with Crippen LogP contribution < -0.4 is 5.32 Å². The Balaban J connectivity index is 1.50. The number of ketones is 1. The van der Waals surface area contributed by atoms with E-state index in [0.717, 1.165) is 30.2 Å². The molecule has 0 radical (unpaired) electrons. The zero-order chi connectivity index (χ0) is 18.5. The number of piperazine rings is 1. The quantitative estimate of drug-likeness (QED) is 0.829. The topological polar surface area (TPSA) is 52.7 Å². The Labute approximate surface area is 158 Å². The molecule has 1 heterocycles. The van der Waals surface area contributed by atoms with Crippen molar-refractivity contribution in [1.29, 1.82) is 0 Å². The van der Waals surface area contributed by atoms with E-state index in [1.807, 2.05) is 29.2 Å². The normalized spacial score (nSPS) is 14.9. The van der Waals surface area contributed by atoms with Gasteiger partial charge in [-0.2, -0.15) is 0 Å². The monoisotopic (exact) mass is 371 g/mol. The van der Waals surface area contributed by atoms with E-state index in [1.165, 1.54) is 6.92 Å². The highest BCUT2D eigenvalue weighted by Crippen LogP contribution is 2.18. The van der Waals surface area contributed by atoms with E-state index in [0.29, 0.717) is 24.3 Å². The number of amides is 2. The summed E-state index contributed by atoms with van der Waals surface area (Å²) < 4.78 is 0.